The summed E-state index contributed by atoms with van der Waals surface area (Å²) in [6.07, 6.45) is 7.36. The third-order valence-corrected chi connectivity index (χ3v) is 6.10. The minimum atomic E-state index is -0.189. The Bertz CT molecular complexity index is 474. The monoisotopic (exact) mass is 246 g/mol. The van der Waals surface area contributed by atoms with Gasteiger partial charge in [0, 0.05) is 5.92 Å². The van der Waals surface area contributed by atoms with Gasteiger partial charge in [-0.25, -0.2) is 10.9 Å². The van der Waals surface area contributed by atoms with E-state index >= 15 is 0 Å². The van der Waals surface area contributed by atoms with Crippen LogP contribution in [0.1, 0.15) is 19.8 Å². The summed E-state index contributed by atoms with van der Waals surface area (Å²) in [7, 11) is 0. The predicted octanol–water partition coefficient (Wildman–Crippen LogP) is 0.939. The Morgan fingerprint density at radius 1 is 1.44 bits per heavy atom. The highest BCUT2D eigenvalue weighted by Crippen LogP contribution is 2.75. The summed E-state index contributed by atoms with van der Waals surface area (Å²) in [5, 5.41) is 0.737. The minimum absolute atomic E-state index is 0.0378. The van der Waals surface area contributed by atoms with Gasteiger partial charge in [-0.05, 0) is 47.8 Å². The van der Waals surface area contributed by atoms with Gasteiger partial charge in [0.05, 0.1) is 0 Å². The zero-order valence-corrected chi connectivity index (χ0v) is 10.5. The van der Waals surface area contributed by atoms with Crippen molar-refractivity contribution in [3.63, 3.8) is 0 Å². The summed E-state index contributed by atoms with van der Waals surface area (Å²) in [5.74, 6) is 8.50. The number of imide groups is 1. The first kappa shape index (κ1) is 10.7. The zero-order valence-electron chi connectivity index (χ0n) is 10.5. The van der Waals surface area contributed by atoms with Crippen molar-refractivity contribution >= 4 is 12.3 Å². The smallest absolute Gasteiger partial charge is 0.246 e. The molecule has 0 heterocycles. The van der Waals surface area contributed by atoms with Crippen LogP contribution in [0.25, 0.3) is 0 Å². The molecule has 3 fully saturated rings. The van der Waals surface area contributed by atoms with Gasteiger partial charge in [0.1, 0.15) is 0 Å². The van der Waals surface area contributed by atoms with E-state index in [0.717, 1.165) is 23.3 Å². The molecule has 3 unspecified atom stereocenters. The Labute approximate surface area is 106 Å². The van der Waals surface area contributed by atoms with Crippen molar-refractivity contribution in [1.29, 1.82) is 0 Å². The average Bonchev–Trinajstić information content (AvgIpc) is 3.13. The molecule has 0 saturated heterocycles. The molecular weight excluding hydrogens is 228 g/mol. The molecule has 2 amide bonds. The fourth-order valence-electron chi connectivity index (χ4n) is 5.31. The van der Waals surface area contributed by atoms with Crippen LogP contribution in [0.4, 0.5) is 0 Å². The summed E-state index contributed by atoms with van der Waals surface area (Å²) < 4.78 is 0. The number of carbonyl (C=O) groups is 2. The molecule has 4 heteroatoms. The summed E-state index contributed by atoms with van der Waals surface area (Å²) in [6, 6.07) is 0. The van der Waals surface area contributed by atoms with Crippen LogP contribution < -0.4 is 5.84 Å². The molecule has 4 nitrogen and oxygen atoms in total. The van der Waals surface area contributed by atoms with Gasteiger partial charge in [-0.3, -0.25) is 9.59 Å². The van der Waals surface area contributed by atoms with Crippen molar-refractivity contribution in [2.45, 2.75) is 19.8 Å². The Balaban J connectivity index is 1.64. The number of nitrogens with two attached hydrogens (primary N) is 1. The van der Waals surface area contributed by atoms with Crippen LogP contribution >= 0.6 is 0 Å². The lowest BCUT2D eigenvalue weighted by Crippen LogP contribution is -2.63. The topological polar surface area (TPSA) is 63.4 Å². The molecule has 2 bridgehead atoms. The quantitative estimate of drug-likeness (QED) is 0.259. The zero-order chi connectivity index (χ0) is 12.7. The third-order valence-electron chi connectivity index (χ3n) is 6.10. The average molecular weight is 246 g/mol. The van der Waals surface area contributed by atoms with Gasteiger partial charge in [0.25, 0.3) is 0 Å². The molecular formula is C14H18N2O2. The lowest BCUT2D eigenvalue weighted by atomic mass is 9.40. The van der Waals surface area contributed by atoms with Gasteiger partial charge in [0.15, 0.2) is 0 Å². The van der Waals surface area contributed by atoms with Crippen molar-refractivity contribution < 1.29 is 9.59 Å². The minimum Gasteiger partial charge on any atom is -0.277 e. The lowest BCUT2D eigenvalue weighted by Gasteiger charge is -2.63. The second kappa shape index (κ2) is 3.05. The van der Waals surface area contributed by atoms with Crippen LogP contribution in [0, 0.1) is 40.9 Å². The summed E-state index contributed by atoms with van der Waals surface area (Å²) in [6.45, 7) is 2.32. The number of carbonyl (C=O) groups excluding carboxylic acids is 2. The number of hydrazine groups is 1. The van der Waals surface area contributed by atoms with Gasteiger partial charge in [-0.1, -0.05) is 19.1 Å². The normalized spacial score (nSPS) is 54.1. The maximum atomic E-state index is 12.1. The Kier molecular flexibility index (Phi) is 1.82. The largest absolute Gasteiger partial charge is 0.277 e. The van der Waals surface area contributed by atoms with Crippen molar-refractivity contribution in [2.75, 3.05) is 0 Å². The van der Waals surface area contributed by atoms with Crippen molar-refractivity contribution in [3.05, 3.63) is 12.2 Å². The molecule has 0 radical (unpaired) electrons. The molecule has 96 valence electrons. The molecule has 0 aromatic rings. The number of allylic oxidation sites excluding steroid dienone is 2. The van der Waals surface area contributed by atoms with Crippen molar-refractivity contribution in [1.82, 2.24) is 5.01 Å². The van der Waals surface area contributed by atoms with E-state index in [4.69, 9.17) is 5.84 Å². The Hall–Kier alpha value is -1.16. The number of rotatable bonds is 2. The first-order valence-corrected chi connectivity index (χ1v) is 6.79. The second-order valence-corrected chi connectivity index (χ2v) is 6.74. The highest BCUT2D eigenvalue weighted by atomic mass is 16.2. The molecule has 0 aromatic heterocycles. The Morgan fingerprint density at radius 3 is 2.94 bits per heavy atom. The van der Waals surface area contributed by atoms with Crippen molar-refractivity contribution in [2.24, 2.45) is 46.8 Å². The fourth-order valence-corrected chi connectivity index (χ4v) is 5.31. The lowest BCUT2D eigenvalue weighted by molar-refractivity contribution is -0.171. The summed E-state index contributed by atoms with van der Waals surface area (Å²) >= 11 is 0. The first-order valence-electron chi connectivity index (χ1n) is 6.79. The molecule has 3 saturated carbocycles. The molecule has 5 aliphatic carbocycles. The predicted molar refractivity (Wildman–Crippen MR) is 64.5 cm³/mol. The maximum absolute atomic E-state index is 12.1. The van der Waals surface area contributed by atoms with Gasteiger partial charge in [-0.2, -0.15) is 0 Å². The molecule has 0 aliphatic heterocycles. The highest BCUT2D eigenvalue weighted by molar-refractivity contribution is 5.88. The summed E-state index contributed by atoms with van der Waals surface area (Å²) in [5.41, 5.74) is 0.279. The van der Waals surface area contributed by atoms with E-state index in [1.54, 1.807) is 0 Å². The van der Waals surface area contributed by atoms with E-state index in [2.05, 4.69) is 19.1 Å². The standard InChI is InChI=1S/C14H18N2O2/c1-14-5-10(13(18)16(15)6-17)12(14)7-2-3-11(14)9-4-8(7)9/h2-3,6-12H,4-5,15H2,1H3/t7?,8-,9-,10?,11?,12-,14+/m1/s1. The van der Waals surface area contributed by atoms with E-state index < -0.39 is 0 Å². The van der Waals surface area contributed by atoms with Crippen LogP contribution in [-0.4, -0.2) is 17.3 Å². The fraction of sp³-hybridized carbons (Fsp3) is 0.714. The van der Waals surface area contributed by atoms with Crippen LogP contribution in [0.3, 0.4) is 0 Å². The first-order chi connectivity index (χ1) is 8.58. The molecule has 5 aliphatic rings. The second-order valence-electron chi connectivity index (χ2n) is 6.74. The van der Waals surface area contributed by atoms with E-state index in [9.17, 15) is 9.59 Å². The van der Waals surface area contributed by atoms with Crippen LogP contribution in [-0.2, 0) is 9.59 Å². The molecule has 5 rings (SSSR count). The van der Waals surface area contributed by atoms with Gasteiger partial charge >= 0.3 is 0 Å². The molecule has 0 aromatic carbocycles. The SMILES string of the molecule is C[C@@]12CC(C(=O)N(N)C=O)[C@H]1C1C=CC2[C@@H]2C[C@H]12. The van der Waals surface area contributed by atoms with Gasteiger partial charge < -0.3 is 0 Å². The number of hydrogen-bond acceptors (Lipinski definition) is 3. The Morgan fingerprint density at radius 2 is 2.22 bits per heavy atom. The van der Waals surface area contributed by atoms with E-state index in [1.807, 2.05) is 0 Å². The number of amides is 2. The van der Waals surface area contributed by atoms with Gasteiger partial charge in [-0.15, -0.1) is 0 Å². The highest BCUT2D eigenvalue weighted by Gasteiger charge is 2.71. The molecule has 2 N–H and O–H groups in total. The molecule has 7 atom stereocenters. The number of hydrogen-bond donors (Lipinski definition) is 1. The summed E-state index contributed by atoms with van der Waals surface area (Å²) in [4.78, 5) is 22.7. The van der Waals surface area contributed by atoms with E-state index in [-0.39, 0.29) is 17.2 Å². The third kappa shape index (κ3) is 1.02. The van der Waals surface area contributed by atoms with Crippen LogP contribution in [0.5, 0.6) is 0 Å². The number of nitrogens with zero attached hydrogens (tertiary/aromatic N) is 1. The van der Waals surface area contributed by atoms with Crippen molar-refractivity contribution in [3.8, 4) is 0 Å². The molecule has 18 heavy (non-hydrogen) atoms. The van der Waals surface area contributed by atoms with Crippen LogP contribution in [0.15, 0.2) is 12.2 Å². The molecule has 0 spiro atoms. The van der Waals surface area contributed by atoms with Gasteiger partial charge in [0.2, 0.25) is 12.3 Å². The van der Waals surface area contributed by atoms with E-state index in [1.165, 1.54) is 6.42 Å². The van der Waals surface area contributed by atoms with E-state index in [0.29, 0.717) is 24.2 Å². The van der Waals surface area contributed by atoms with Crippen LogP contribution in [0.2, 0.25) is 0 Å². The maximum Gasteiger partial charge on any atom is 0.246 e.